The summed E-state index contributed by atoms with van der Waals surface area (Å²) in [6.45, 7) is 6.28. The number of ketones is 1. The fourth-order valence-corrected chi connectivity index (χ4v) is 4.66. The van der Waals surface area contributed by atoms with Crippen LogP contribution in [0, 0.1) is 12.8 Å². The molecule has 28 heavy (non-hydrogen) atoms. The minimum Gasteiger partial charge on any atom is -0.503 e. The number of hydrogen-bond donors (Lipinski definition) is 1. The minimum absolute atomic E-state index is 0.149. The van der Waals surface area contributed by atoms with E-state index in [-0.39, 0.29) is 17.3 Å². The first-order chi connectivity index (χ1) is 13.3. The lowest BCUT2D eigenvalue weighted by Gasteiger charge is -2.26. The number of aliphatic hydroxyl groups excluding tert-OH is 1. The number of thiophene rings is 1. The number of Topliss-reactive ketones (excluding diaryl/α,β-unsaturated/α-hetero) is 1. The molecule has 0 bridgehead atoms. The van der Waals surface area contributed by atoms with Gasteiger partial charge in [0.05, 0.1) is 11.6 Å². The van der Waals surface area contributed by atoms with Gasteiger partial charge in [-0.25, -0.2) is 0 Å². The highest BCUT2D eigenvalue weighted by molar-refractivity contribution is 7.10. The highest BCUT2D eigenvalue weighted by atomic mass is 35.5. The average molecular weight is 418 g/mol. The summed E-state index contributed by atoms with van der Waals surface area (Å²) in [4.78, 5) is 28.3. The van der Waals surface area contributed by atoms with E-state index in [1.807, 2.05) is 56.5 Å². The molecule has 1 aliphatic rings. The standard InChI is InChI=1S/C22H24ClNO3S/c1-13(2)12-17(25)18-19(21-14(3)9-11-28-21)24(22(27)20(18)26)10-8-15-4-6-16(23)7-5-15/h4-7,9,11,13,19,26H,8,10,12H2,1-3H3. The van der Waals surface area contributed by atoms with Crippen LogP contribution in [-0.2, 0) is 16.0 Å². The number of carbonyl (C=O) groups is 2. The predicted molar refractivity (Wildman–Crippen MR) is 113 cm³/mol. The van der Waals surface area contributed by atoms with E-state index in [9.17, 15) is 14.7 Å². The van der Waals surface area contributed by atoms with Gasteiger partial charge in [-0.05, 0) is 54.0 Å². The van der Waals surface area contributed by atoms with Gasteiger partial charge in [0, 0.05) is 22.9 Å². The molecular formula is C22H24ClNO3S. The summed E-state index contributed by atoms with van der Waals surface area (Å²) in [7, 11) is 0. The lowest BCUT2D eigenvalue weighted by atomic mass is 9.94. The number of amides is 1. The first-order valence-electron chi connectivity index (χ1n) is 9.35. The van der Waals surface area contributed by atoms with Crippen LogP contribution in [0.5, 0.6) is 0 Å². The third kappa shape index (κ3) is 4.15. The van der Waals surface area contributed by atoms with Gasteiger partial charge in [-0.3, -0.25) is 9.59 Å². The van der Waals surface area contributed by atoms with Crippen molar-refractivity contribution < 1.29 is 14.7 Å². The van der Waals surface area contributed by atoms with Gasteiger partial charge in [-0.2, -0.15) is 0 Å². The van der Waals surface area contributed by atoms with Crippen molar-refractivity contribution >= 4 is 34.6 Å². The molecule has 4 nitrogen and oxygen atoms in total. The van der Waals surface area contributed by atoms with Gasteiger partial charge in [0.2, 0.25) is 0 Å². The fourth-order valence-electron chi connectivity index (χ4n) is 3.49. The molecule has 1 unspecified atom stereocenters. The molecule has 1 N–H and O–H groups in total. The Morgan fingerprint density at radius 1 is 1.25 bits per heavy atom. The Labute approximate surface area is 174 Å². The number of benzene rings is 1. The molecule has 1 atom stereocenters. The van der Waals surface area contributed by atoms with Crippen LogP contribution in [0.15, 0.2) is 47.0 Å². The molecule has 0 radical (unpaired) electrons. The van der Waals surface area contributed by atoms with Crippen molar-refractivity contribution in [2.24, 2.45) is 5.92 Å². The van der Waals surface area contributed by atoms with Crippen LogP contribution in [0.2, 0.25) is 5.02 Å². The zero-order valence-electron chi connectivity index (χ0n) is 16.2. The van der Waals surface area contributed by atoms with Crippen LogP contribution in [-0.4, -0.2) is 28.2 Å². The summed E-state index contributed by atoms with van der Waals surface area (Å²) in [5, 5.41) is 13.2. The van der Waals surface area contributed by atoms with Crippen molar-refractivity contribution in [3.63, 3.8) is 0 Å². The number of hydrogen-bond acceptors (Lipinski definition) is 4. The Hall–Kier alpha value is -2.11. The summed E-state index contributed by atoms with van der Waals surface area (Å²) < 4.78 is 0. The van der Waals surface area contributed by atoms with Crippen LogP contribution in [0.3, 0.4) is 0 Å². The maximum Gasteiger partial charge on any atom is 0.290 e. The van der Waals surface area contributed by atoms with Gasteiger partial charge in [0.25, 0.3) is 5.91 Å². The third-order valence-electron chi connectivity index (χ3n) is 4.90. The Kier molecular flexibility index (Phi) is 6.26. The van der Waals surface area contributed by atoms with Crippen LogP contribution in [0.25, 0.3) is 0 Å². The maximum absolute atomic E-state index is 12.9. The second kappa shape index (κ2) is 8.50. The largest absolute Gasteiger partial charge is 0.503 e. The molecule has 2 heterocycles. The van der Waals surface area contributed by atoms with Crippen LogP contribution in [0.1, 0.15) is 42.3 Å². The molecular weight excluding hydrogens is 394 g/mol. The maximum atomic E-state index is 12.9. The van der Waals surface area contributed by atoms with Crippen molar-refractivity contribution in [1.82, 2.24) is 4.90 Å². The Bertz CT molecular complexity index is 914. The monoisotopic (exact) mass is 417 g/mol. The van der Waals surface area contributed by atoms with E-state index in [1.54, 1.807) is 4.90 Å². The summed E-state index contributed by atoms with van der Waals surface area (Å²) in [5.74, 6) is -0.887. The molecule has 2 aromatic rings. The van der Waals surface area contributed by atoms with Gasteiger partial charge in [-0.1, -0.05) is 37.6 Å². The Morgan fingerprint density at radius 2 is 1.93 bits per heavy atom. The van der Waals surface area contributed by atoms with Gasteiger partial charge in [0.1, 0.15) is 0 Å². The molecule has 6 heteroatoms. The zero-order valence-corrected chi connectivity index (χ0v) is 17.8. The summed E-state index contributed by atoms with van der Waals surface area (Å²) in [6.07, 6.45) is 0.918. The van der Waals surface area contributed by atoms with E-state index in [4.69, 9.17) is 11.6 Å². The van der Waals surface area contributed by atoms with Crippen molar-refractivity contribution in [2.75, 3.05) is 6.54 Å². The second-order valence-electron chi connectivity index (χ2n) is 7.53. The van der Waals surface area contributed by atoms with Gasteiger partial charge >= 0.3 is 0 Å². The molecule has 148 valence electrons. The van der Waals surface area contributed by atoms with Crippen LogP contribution >= 0.6 is 22.9 Å². The van der Waals surface area contributed by atoms with Crippen LogP contribution < -0.4 is 0 Å². The molecule has 0 fully saturated rings. The number of aliphatic hydroxyl groups is 1. The molecule has 1 aromatic heterocycles. The first-order valence-corrected chi connectivity index (χ1v) is 10.6. The van der Waals surface area contributed by atoms with E-state index in [0.29, 0.717) is 24.4 Å². The first kappa shape index (κ1) is 20.6. The molecule has 1 aromatic carbocycles. The summed E-state index contributed by atoms with van der Waals surface area (Å²) >= 11 is 7.45. The Balaban J connectivity index is 1.92. The quantitative estimate of drug-likeness (QED) is 0.668. The van der Waals surface area contributed by atoms with Crippen LogP contribution in [0.4, 0.5) is 0 Å². The molecule has 1 aliphatic heterocycles. The number of rotatable bonds is 7. The van der Waals surface area contributed by atoms with Crippen molar-refractivity contribution in [2.45, 2.75) is 39.7 Å². The van der Waals surface area contributed by atoms with Crippen molar-refractivity contribution in [3.8, 4) is 0 Å². The predicted octanol–water partition coefficient (Wildman–Crippen LogP) is 5.26. The second-order valence-corrected chi connectivity index (χ2v) is 8.91. The highest BCUT2D eigenvalue weighted by Gasteiger charge is 2.44. The van der Waals surface area contributed by atoms with E-state index < -0.39 is 17.7 Å². The van der Waals surface area contributed by atoms with E-state index >= 15 is 0 Å². The number of halogens is 1. The SMILES string of the molecule is Cc1ccsc1C1C(C(=O)CC(C)C)=C(O)C(=O)N1CCc1ccc(Cl)cc1. The van der Waals surface area contributed by atoms with Gasteiger partial charge in [0.15, 0.2) is 11.5 Å². The smallest absolute Gasteiger partial charge is 0.290 e. The molecule has 3 rings (SSSR count). The molecule has 0 saturated carbocycles. The fraction of sp³-hybridized carbons (Fsp3) is 0.364. The lowest BCUT2D eigenvalue weighted by Crippen LogP contribution is -2.33. The number of aryl methyl sites for hydroxylation is 1. The summed E-state index contributed by atoms with van der Waals surface area (Å²) in [5.41, 5.74) is 2.30. The third-order valence-corrected chi connectivity index (χ3v) is 6.23. The van der Waals surface area contributed by atoms with Gasteiger partial charge < -0.3 is 10.0 Å². The molecule has 0 spiro atoms. The minimum atomic E-state index is -0.522. The van der Waals surface area contributed by atoms with Crippen molar-refractivity contribution in [3.05, 3.63) is 68.1 Å². The Morgan fingerprint density at radius 3 is 2.50 bits per heavy atom. The van der Waals surface area contributed by atoms with E-state index in [2.05, 4.69) is 0 Å². The average Bonchev–Trinajstić information content (AvgIpc) is 3.16. The van der Waals surface area contributed by atoms with Gasteiger partial charge in [-0.15, -0.1) is 11.3 Å². The number of carbonyl (C=O) groups excluding carboxylic acids is 2. The summed E-state index contributed by atoms with van der Waals surface area (Å²) in [6, 6.07) is 8.93. The zero-order chi connectivity index (χ0) is 20.4. The molecule has 0 saturated heterocycles. The lowest BCUT2D eigenvalue weighted by molar-refractivity contribution is -0.129. The molecule has 0 aliphatic carbocycles. The normalized spacial score (nSPS) is 17.1. The number of nitrogens with zero attached hydrogens (tertiary/aromatic N) is 1. The van der Waals surface area contributed by atoms with Crippen molar-refractivity contribution in [1.29, 1.82) is 0 Å². The van der Waals surface area contributed by atoms with E-state index in [1.165, 1.54) is 11.3 Å². The highest BCUT2D eigenvalue weighted by Crippen LogP contribution is 2.42. The van der Waals surface area contributed by atoms with E-state index in [0.717, 1.165) is 16.0 Å². The topological polar surface area (TPSA) is 57.6 Å². The molecule has 1 amide bonds.